The number of benzene rings is 2. The minimum Gasteiger partial charge on any atom is -0.191 e. The first-order chi connectivity index (χ1) is 9.90. The van der Waals surface area contributed by atoms with Crippen molar-refractivity contribution in [3.63, 3.8) is 0 Å². The standard InChI is InChI=1S/C13H5N7/c14-5-10-11-8-4-2-1-3-7(8)9-6-15-19-17-12(9)13(11)18-20-16-10/h1-4,6H. The van der Waals surface area contributed by atoms with Gasteiger partial charge in [-0.15, -0.1) is 20.4 Å². The van der Waals surface area contributed by atoms with Gasteiger partial charge in [-0.3, -0.25) is 0 Å². The first kappa shape index (κ1) is 10.6. The first-order valence-electron chi connectivity index (χ1n) is 5.82. The second-order valence-electron chi connectivity index (χ2n) is 4.22. The summed E-state index contributed by atoms with van der Waals surface area (Å²) >= 11 is 0. The molecule has 2 aromatic heterocycles. The van der Waals surface area contributed by atoms with Gasteiger partial charge in [-0.2, -0.15) is 5.26 Å². The van der Waals surface area contributed by atoms with Crippen LogP contribution in [0.3, 0.4) is 0 Å². The summed E-state index contributed by atoms with van der Waals surface area (Å²) in [5.74, 6) is 0. The molecule has 4 aromatic rings. The summed E-state index contributed by atoms with van der Waals surface area (Å²) in [5.41, 5.74) is 1.31. The molecule has 4 rings (SSSR count). The molecule has 0 radical (unpaired) electrons. The lowest BCUT2D eigenvalue weighted by molar-refractivity contribution is 0.876. The number of aromatic nitrogens is 6. The summed E-state index contributed by atoms with van der Waals surface area (Å²) in [5, 5.41) is 35.5. The van der Waals surface area contributed by atoms with E-state index in [0.717, 1.165) is 16.2 Å². The minimum absolute atomic E-state index is 0.228. The zero-order valence-electron chi connectivity index (χ0n) is 10.0. The van der Waals surface area contributed by atoms with E-state index in [-0.39, 0.29) is 5.69 Å². The van der Waals surface area contributed by atoms with E-state index in [1.165, 1.54) is 0 Å². The number of nitrogens with zero attached hydrogens (tertiary/aromatic N) is 7. The Bertz CT molecular complexity index is 974. The molecule has 0 fully saturated rings. The van der Waals surface area contributed by atoms with Gasteiger partial charge in [0.1, 0.15) is 17.1 Å². The molecule has 0 bridgehead atoms. The van der Waals surface area contributed by atoms with Gasteiger partial charge in [-0.25, -0.2) is 0 Å². The molecule has 20 heavy (non-hydrogen) atoms. The average Bonchev–Trinajstić information content (AvgIpc) is 2.54. The summed E-state index contributed by atoms with van der Waals surface area (Å²) in [6.07, 6.45) is 1.64. The van der Waals surface area contributed by atoms with Gasteiger partial charge in [0.15, 0.2) is 5.69 Å². The van der Waals surface area contributed by atoms with Crippen LogP contribution in [0.25, 0.3) is 32.6 Å². The maximum absolute atomic E-state index is 9.24. The van der Waals surface area contributed by atoms with E-state index < -0.39 is 0 Å². The molecule has 0 saturated carbocycles. The molecule has 0 N–H and O–H groups in total. The van der Waals surface area contributed by atoms with E-state index in [9.17, 15) is 5.26 Å². The van der Waals surface area contributed by atoms with Crippen molar-refractivity contribution in [2.45, 2.75) is 0 Å². The third-order valence-corrected chi connectivity index (χ3v) is 3.22. The summed E-state index contributed by atoms with van der Waals surface area (Å²) in [6.45, 7) is 0. The van der Waals surface area contributed by atoms with E-state index >= 15 is 0 Å². The third-order valence-electron chi connectivity index (χ3n) is 3.22. The smallest absolute Gasteiger partial charge is 0.175 e. The molecule has 0 saturated heterocycles. The van der Waals surface area contributed by atoms with Crippen molar-refractivity contribution >= 4 is 32.6 Å². The summed E-state index contributed by atoms with van der Waals surface area (Å²) in [7, 11) is 0. The van der Waals surface area contributed by atoms with Gasteiger partial charge in [0.25, 0.3) is 0 Å². The minimum atomic E-state index is 0.228. The molecule has 2 heterocycles. The van der Waals surface area contributed by atoms with Crippen LogP contribution in [-0.4, -0.2) is 30.8 Å². The summed E-state index contributed by atoms with van der Waals surface area (Å²) < 4.78 is 0. The Hall–Kier alpha value is -3.27. The van der Waals surface area contributed by atoms with Crippen molar-refractivity contribution in [1.29, 1.82) is 5.26 Å². The lowest BCUT2D eigenvalue weighted by Crippen LogP contribution is -1.98. The van der Waals surface area contributed by atoms with Gasteiger partial charge in [-0.1, -0.05) is 24.3 Å². The predicted octanol–water partition coefficient (Wildman–Crippen LogP) is 1.39. The number of hydrogen-bond donors (Lipinski definition) is 0. The zero-order chi connectivity index (χ0) is 13.5. The van der Waals surface area contributed by atoms with Crippen LogP contribution in [-0.2, 0) is 0 Å². The Kier molecular flexibility index (Phi) is 2.05. The van der Waals surface area contributed by atoms with Crippen LogP contribution in [0, 0.1) is 11.3 Å². The fourth-order valence-electron chi connectivity index (χ4n) is 2.40. The molecule has 0 aliphatic carbocycles. The van der Waals surface area contributed by atoms with Crippen molar-refractivity contribution in [2.24, 2.45) is 0 Å². The van der Waals surface area contributed by atoms with E-state index in [1.54, 1.807) is 6.20 Å². The summed E-state index contributed by atoms with van der Waals surface area (Å²) in [6, 6.07) is 9.73. The van der Waals surface area contributed by atoms with Crippen LogP contribution in [0.2, 0.25) is 0 Å². The number of nitriles is 1. The summed E-state index contributed by atoms with van der Waals surface area (Å²) in [4.78, 5) is 0. The van der Waals surface area contributed by atoms with E-state index in [2.05, 4.69) is 30.8 Å². The molecule has 2 aromatic carbocycles. The normalized spacial score (nSPS) is 10.9. The molecule has 0 spiro atoms. The molecular formula is C13H5N7. The Morgan fingerprint density at radius 3 is 2.50 bits per heavy atom. The zero-order valence-corrected chi connectivity index (χ0v) is 10.0. The highest BCUT2D eigenvalue weighted by atomic mass is 15.3. The molecule has 0 aliphatic heterocycles. The van der Waals surface area contributed by atoms with Crippen LogP contribution in [0.4, 0.5) is 0 Å². The van der Waals surface area contributed by atoms with Crippen LogP contribution < -0.4 is 0 Å². The van der Waals surface area contributed by atoms with Crippen molar-refractivity contribution < 1.29 is 0 Å². The van der Waals surface area contributed by atoms with Crippen molar-refractivity contribution in [1.82, 2.24) is 30.8 Å². The first-order valence-corrected chi connectivity index (χ1v) is 5.82. The quantitative estimate of drug-likeness (QED) is 0.439. The highest BCUT2D eigenvalue weighted by molar-refractivity contribution is 6.23. The Balaban J connectivity index is 2.47. The maximum Gasteiger partial charge on any atom is 0.175 e. The van der Waals surface area contributed by atoms with Gasteiger partial charge in [-0.05, 0) is 21.2 Å². The predicted molar refractivity (Wildman–Crippen MR) is 70.4 cm³/mol. The van der Waals surface area contributed by atoms with Gasteiger partial charge in [0, 0.05) is 5.39 Å². The van der Waals surface area contributed by atoms with E-state index in [0.29, 0.717) is 16.4 Å². The SMILES string of the molecule is N#Cc1nnnc2c3nnncc3c3ccccc3c12. The molecule has 0 unspecified atom stereocenters. The van der Waals surface area contributed by atoms with Crippen molar-refractivity contribution in [2.75, 3.05) is 0 Å². The van der Waals surface area contributed by atoms with Crippen molar-refractivity contribution in [3.05, 3.63) is 36.2 Å². The Labute approximate surface area is 111 Å². The fourth-order valence-corrected chi connectivity index (χ4v) is 2.40. The lowest BCUT2D eigenvalue weighted by Gasteiger charge is -2.06. The largest absolute Gasteiger partial charge is 0.191 e. The van der Waals surface area contributed by atoms with Crippen LogP contribution in [0.1, 0.15) is 5.69 Å². The third kappa shape index (κ3) is 1.27. The number of fused-ring (bicyclic) bond motifs is 6. The Morgan fingerprint density at radius 2 is 1.65 bits per heavy atom. The molecule has 0 atom stereocenters. The molecule has 0 amide bonds. The van der Waals surface area contributed by atoms with Crippen LogP contribution >= 0.6 is 0 Å². The van der Waals surface area contributed by atoms with Crippen LogP contribution in [0.15, 0.2) is 30.5 Å². The Morgan fingerprint density at radius 1 is 0.850 bits per heavy atom. The van der Waals surface area contributed by atoms with Crippen molar-refractivity contribution in [3.8, 4) is 6.07 Å². The van der Waals surface area contributed by atoms with E-state index in [4.69, 9.17) is 0 Å². The van der Waals surface area contributed by atoms with Gasteiger partial charge in [0.05, 0.1) is 11.6 Å². The molecule has 0 aliphatic rings. The fraction of sp³-hybridized carbons (Fsp3) is 0. The maximum atomic E-state index is 9.24. The van der Waals surface area contributed by atoms with Gasteiger partial charge >= 0.3 is 0 Å². The highest BCUT2D eigenvalue weighted by Crippen LogP contribution is 2.32. The topological polar surface area (TPSA) is 101 Å². The second-order valence-corrected chi connectivity index (χ2v) is 4.22. The van der Waals surface area contributed by atoms with E-state index in [1.807, 2.05) is 30.3 Å². The second kappa shape index (κ2) is 3.86. The average molecular weight is 259 g/mol. The number of rotatable bonds is 0. The molecule has 7 heteroatoms. The van der Waals surface area contributed by atoms with Crippen LogP contribution in [0.5, 0.6) is 0 Å². The van der Waals surface area contributed by atoms with Gasteiger partial charge < -0.3 is 0 Å². The number of hydrogen-bond acceptors (Lipinski definition) is 7. The highest BCUT2D eigenvalue weighted by Gasteiger charge is 2.15. The lowest BCUT2D eigenvalue weighted by atomic mass is 10.0. The molecule has 7 nitrogen and oxygen atoms in total. The monoisotopic (exact) mass is 259 g/mol. The molecular weight excluding hydrogens is 254 g/mol. The molecule has 92 valence electrons. The van der Waals surface area contributed by atoms with Gasteiger partial charge in [0.2, 0.25) is 0 Å².